The lowest BCUT2D eigenvalue weighted by Crippen LogP contribution is -2.64. The van der Waals surface area contributed by atoms with E-state index in [-0.39, 0.29) is 5.91 Å². The van der Waals surface area contributed by atoms with Crippen molar-refractivity contribution in [2.24, 2.45) is 0 Å². The Bertz CT molecular complexity index is 213. The number of nitrogens with zero attached hydrogens (tertiary/aromatic N) is 1. The molecule has 0 saturated carbocycles. The van der Waals surface area contributed by atoms with Crippen molar-refractivity contribution in [3.63, 3.8) is 0 Å². The number of amides is 1. The van der Waals surface area contributed by atoms with Gasteiger partial charge in [-0.05, 0) is 40.9 Å². The minimum absolute atomic E-state index is 0.0959. The smallest absolute Gasteiger partial charge is 0.239 e. The Morgan fingerprint density at radius 1 is 1.50 bits per heavy atom. The fraction of sp³-hybridized carbons (Fsp3) is 0.900. The van der Waals surface area contributed by atoms with Crippen LogP contribution in [-0.2, 0) is 4.79 Å². The lowest BCUT2D eigenvalue weighted by Gasteiger charge is -2.36. The number of rotatable bonds is 3. The summed E-state index contributed by atoms with van der Waals surface area (Å²) in [5.74, 6) is 0.0959. The maximum atomic E-state index is 11.4. The van der Waals surface area contributed by atoms with E-state index in [0.29, 0.717) is 6.04 Å². The highest BCUT2D eigenvalue weighted by molar-refractivity contribution is 5.86. The van der Waals surface area contributed by atoms with Crippen molar-refractivity contribution in [2.45, 2.75) is 31.8 Å². The Hall–Kier alpha value is -0.610. The van der Waals surface area contributed by atoms with Gasteiger partial charge in [-0.25, -0.2) is 0 Å². The Labute approximate surface area is 86.0 Å². The molecule has 1 aliphatic rings. The summed E-state index contributed by atoms with van der Waals surface area (Å²) in [5, 5.41) is 6.29. The molecule has 0 spiro atoms. The Kier molecular flexibility index (Phi) is 3.50. The molecule has 0 radical (unpaired) electrons. The van der Waals surface area contributed by atoms with E-state index in [9.17, 15) is 4.79 Å². The number of hydrogen-bond donors (Lipinski definition) is 2. The van der Waals surface area contributed by atoms with Gasteiger partial charge in [-0.3, -0.25) is 10.1 Å². The number of nitrogens with one attached hydrogen (secondary N) is 2. The monoisotopic (exact) mass is 199 g/mol. The molecule has 1 heterocycles. The first-order valence-corrected chi connectivity index (χ1v) is 5.12. The first-order valence-electron chi connectivity index (χ1n) is 5.12. The van der Waals surface area contributed by atoms with E-state index in [1.54, 1.807) is 0 Å². The van der Waals surface area contributed by atoms with Crippen LogP contribution in [0.4, 0.5) is 0 Å². The second kappa shape index (κ2) is 4.28. The summed E-state index contributed by atoms with van der Waals surface area (Å²) in [6.07, 6.45) is 1.07. The van der Waals surface area contributed by atoms with Crippen molar-refractivity contribution >= 4 is 5.91 Å². The van der Waals surface area contributed by atoms with Crippen molar-refractivity contribution < 1.29 is 4.79 Å². The van der Waals surface area contributed by atoms with Crippen molar-refractivity contribution in [1.82, 2.24) is 15.5 Å². The molecule has 4 nitrogen and oxygen atoms in total. The van der Waals surface area contributed by atoms with Crippen molar-refractivity contribution in [1.29, 1.82) is 0 Å². The molecule has 1 aliphatic heterocycles. The average molecular weight is 199 g/mol. The molecule has 82 valence electrons. The molecule has 0 aromatic carbocycles. The van der Waals surface area contributed by atoms with Crippen molar-refractivity contribution in [2.75, 3.05) is 27.2 Å². The Morgan fingerprint density at radius 3 is 2.64 bits per heavy atom. The number of carbonyl (C=O) groups is 1. The van der Waals surface area contributed by atoms with E-state index >= 15 is 0 Å². The highest BCUT2D eigenvalue weighted by atomic mass is 16.2. The summed E-state index contributed by atoms with van der Waals surface area (Å²) in [6.45, 7) is 5.63. The van der Waals surface area contributed by atoms with Gasteiger partial charge >= 0.3 is 0 Å². The van der Waals surface area contributed by atoms with Crippen LogP contribution < -0.4 is 10.6 Å². The fourth-order valence-electron chi connectivity index (χ4n) is 1.65. The third-order valence-electron chi connectivity index (χ3n) is 2.57. The van der Waals surface area contributed by atoms with Gasteiger partial charge in [0.25, 0.3) is 0 Å². The van der Waals surface area contributed by atoms with Crippen molar-refractivity contribution in [3.8, 4) is 0 Å². The van der Waals surface area contributed by atoms with Crippen LogP contribution in [0.1, 0.15) is 20.3 Å². The van der Waals surface area contributed by atoms with Crippen LogP contribution in [0.2, 0.25) is 0 Å². The van der Waals surface area contributed by atoms with Gasteiger partial charge in [-0.2, -0.15) is 0 Å². The van der Waals surface area contributed by atoms with E-state index < -0.39 is 5.54 Å². The van der Waals surface area contributed by atoms with Crippen LogP contribution in [0, 0.1) is 0 Å². The van der Waals surface area contributed by atoms with Crippen molar-refractivity contribution in [3.05, 3.63) is 0 Å². The normalized spacial score (nSPS) is 26.4. The Morgan fingerprint density at radius 2 is 2.14 bits per heavy atom. The lowest BCUT2D eigenvalue weighted by atomic mass is 9.98. The van der Waals surface area contributed by atoms with Gasteiger partial charge in [0.15, 0.2) is 0 Å². The molecule has 4 heteroatoms. The van der Waals surface area contributed by atoms with Crippen LogP contribution in [0.15, 0.2) is 0 Å². The zero-order valence-electron chi connectivity index (χ0n) is 9.55. The van der Waals surface area contributed by atoms with Gasteiger partial charge in [-0.15, -0.1) is 0 Å². The molecular formula is C10H21N3O. The zero-order chi connectivity index (χ0) is 10.8. The second-order valence-electron chi connectivity index (χ2n) is 4.77. The molecule has 0 bridgehead atoms. The highest BCUT2D eigenvalue weighted by Gasteiger charge is 2.34. The van der Waals surface area contributed by atoms with Gasteiger partial charge in [-0.1, -0.05) is 0 Å². The van der Waals surface area contributed by atoms with Gasteiger partial charge in [0.2, 0.25) is 5.91 Å². The molecule has 14 heavy (non-hydrogen) atoms. The quantitative estimate of drug-likeness (QED) is 0.662. The largest absolute Gasteiger partial charge is 0.353 e. The SMILES string of the molecule is CN(C)CCC1CNC(=O)C(C)(C)N1. The molecule has 1 rings (SSSR count). The number of hydrogen-bond acceptors (Lipinski definition) is 3. The summed E-state index contributed by atoms with van der Waals surface area (Å²) in [6, 6.07) is 0.394. The van der Waals surface area contributed by atoms with Gasteiger partial charge in [0.05, 0.1) is 5.54 Å². The first kappa shape index (κ1) is 11.5. The zero-order valence-corrected chi connectivity index (χ0v) is 9.55. The standard InChI is InChI=1S/C10H21N3O/c1-10(2)9(14)11-7-8(12-10)5-6-13(3)4/h8,12H,5-7H2,1-4H3,(H,11,14). The predicted octanol–water partition coefficient (Wildman–Crippen LogP) is -0.195. The maximum Gasteiger partial charge on any atom is 0.239 e. The number of piperazine rings is 1. The molecule has 1 amide bonds. The van der Waals surface area contributed by atoms with Gasteiger partial charge < -0.3 is 10.2 Å². The topological polar surface area (TPSA) is 44.4 Å². The molecular weight excluding hydrogens is 178 g/mol. The third-order valence-corrected chi connectivity index (χ3v) is 2.57. The minimum atomic E-state index is -0.421. The van der Waals surface area contributed by atoms with E-state index in [1.165, 1.54) is 0 Å². The van der Waals surface area contributed by atoms with E-state index in [1.807, 2.05) is 13.8 Å². The summed E-state index contributed by atoms with van der Waals surface area (Å²) in [5.41, 5.74) is -0.421. The van der Waals surface area contributed by atoms with Crippen LogP contribution in [0.3, 0.4) is 0 Å². The number of carbonyl (C=O) groups excluding carboxylic acids is 1. The molecule has 0 aromatic heterocycles. The van der Waals surface area contributed by atoms with E-state index in [4.69, 9.17) is 0 Å². The highest BCUT2D eigenvalue weighted by Crippen LogP contribution is 2.10. The maximum absolute atomic E-state index is 11.4. The van der Waals surface area contributed by atoms with Crippen LogP contribution in [-0.4, -0.2) is 49.6 Å². The minimum Gasteiger partial charge on any atom is -0.353 e. The first-order chi connectivity index (χ1) is 6.42. The van der Waals surface area contributed by atoms with Crippen LogP contribution in [0.25, 0.3) is 0 Å². The lowest BCUT2D eigenvalue weighted by molar-refractivity contribution is -0.128. The van der Waals surface area contributed by atoms with Crippen LogP contribution >= 0.6 is 0 Å². The molecule has 0 aromatic rings. The second-order valence-corrected chi connectivity index (χ2v) is 4.77. The molecule has 0 aliphatic carbocycles. The summed E-state index contributed by atoms with van der Waals surface area (Å²) in [7, 11) is 4.12. The Balaban J connectivity index is 2.40. The molecule has 1 saturated heterocycles. The predicted molar refractivity (Wildman–Crippen MR) is 57.2 cm³/mol. The fourth-order valence-corrected chi connectivity index (χ4v) is 1.65. The average Bonchev–Trinajstić information content (AvgIpc) is 2.07. The molecule has 1 atom stereocenters. The van der Waals surface area contributed by atoms with E-state index in [2.05, 4.69) is 29.6 Å². The van der Waals surface area contributed by atoms with Gasteiger partial charge in [0.1, 0.15) is 0 Å². The summed E-state index contributed by atoms with van der Waals surface area (Å²) >= 11 is 0. The summed E-state index contributed by atoms with van der Waals surface area (Å²) < 4.78 is 0. The third kappa shape index (κ3) is 2.96. The van der Waals surface area contributed by atoms with Gasteiger partial charge in [0, 0.05) is 12.6 Å². The molecule has 1 unspecified atom stereocenters. The summed E-state index contributed by atoms with van der Waals surface area (Å²) in [4.78, 5) is 13.6. The molecule has 1 fully saturated rings. The molecule has 2 N–H and O–H groups in total. The van der Waals surface area contributed by atoms with Crippen LogP contribution in [0.5, 0.6) is 0 Å². The van der Waals surface area contributed by atoms with E-state index in [0.717, 1.165) is 19.5 Å².